The Morgan fingerprint density at radius 1 is 1.43 bits per heavy atom. The van der Waals surface area contributed by atoms with E-state index in [0.29, 0.717) is 18.2 Å². The predicted molar refractivity (Wildman–Crippen MR) is 92.6 cm³/mol. The predicted octanol–water partition coefficient (Wildman–Crippen LogP) is 2.82. The van der Waals surface area contributed by atoms with Gasteiger partial charge in [0.2, 0.25) is 5.91 Å². The van der Waals surface area contributed by atoms with Crippen molar-refractivity contribution in [2.24, 2.45) is 11.7 Å². The Morgan fingerprint density at radius 2 is 2.10 bits per heavy atom. The fourth-order valence-electron chi connectivity index (χ4n) is 2.52. The first-order chi connectivity index (χ1) is 9.19. The molecule has 4 nitrogen and oxygen atoms in total. The topological polar surface area (TPSA) is 59.2 Å². The SMILES string of the molecule is Cc1nc(CCCC(=O)N2CCC(CN)CC2)cs1.Cl.Cl. The maximum atomic E-state index is 12.1. The lowest BCUT2D eigenvalue weighted by atomic mass is 9.97. The van der Waals surface area contributed by atoms with E-state index in [2.05, 4.69) is 10.4 Å². The number of rotatable bonds is 5. The third kappa shape index (κ3) is 6.51. The third-order valence-corrected chi connectivity index (χ3v) is 4.61. The van der Waals surface area contributed by atoms with Gasteiger partial charge in [-0.2, -0.15) is 0 Å². The van der Waals surface area contributed by atoms with Crippen LogP contribution < -0.4 is 5.73 Å². The number of aryl methyl sites for hydroxylation is 2. The van der Waals surface area contributed by atoms with Gasteiger partial charge in [0.05, 0.1) is 10.7 Å². The number of nitrogens with zero attached hydrogens (tertiary/aromatic N) is 2. The highest BCUT2D eigenvalue weighted by Crippen LogP contribution is 2.17. The van der Waals surface area contributed by atoms with Crippen LogP contribution in [-0.2, 0) is 11.2 Å². The van der Waals surface area contributed by atoms with E-state index >= 15 is 0 Å². The van der Waals surface area contributed by atoms with E-state index in [9.17, 15) is 4.79 Å². The van der Waals surface area contributed by atoms with E-state index < -0.39 is 0 Å². The first kappa shape index (κ1) is 20.6. The second-order valence-electron chi connectivity index (χ2n) is 5.27. The number of thiazole rings is 1. The Kier molecular flexibility index (Phi) is 10.2. The van der Waals surface area contributed by atoms with E-state index in [0.717, 1.165) is 56.0 Å². The van der Waals surface area contributed by atoms with E-state index in [1.165, 1.54) is 0 Å². The summed E-state index contributed by atoms with van der Waals surface area (Å²) < 4.78 is 0. The molecule has 1 fully saturated rings. The standard InChI is InChI=1S/C14H23N3OS.2ClH/c1-11-16-13(10-19-11)3-2-4-14(18)17-7-5-12(9-15)6-8-17;;/h10,12H,2-9,15H2,1H3;2*1H. The van der Waals surface area contributed by atoms with Crippen LogP contribution in [0.2, 0.25) is 0 Å². The zero-order chi connectivity index (χ0) is 13.7. The fourth-order valence-corrected chi connectivity index (χ4v) is 3.17. The van der Waals surface area contributed by atoms with E-state index in [1.807, 2.05) is 11.8 Å². The first-order valence-electron chi connectivity index (χ1n) is 7.08. The van der Waals surface area contributed by atoms with Gasteiger partial charge in [0.25, 0.3) is 0 Å². The highest BCUT2D eigenvalue weighted by atomic mass is 35.5. The number of hydrogen-bond donors (Lipinski definition) is 1. The summed E-state index contributed by atoms with van der Waals surface area (Å²) in [5.74, 6) is 0.907. The molecular formula is C14H25Cl2N3OS. The van der Waals surface area contributed by atoms with Crippen LogP contribution in [0.4, 0.5) is 0 Å². The van der Waals surface area contributed by atoms with Gasteiger partial charge >= 0.3 is 0 Å². The summed E-state index contributed by atoms with van der Waals surface area (Å²) in [5, 5.41) is 3.19. The van der Waals surface area contributed by atoms with E-state index in [-0.39, 0.29) is 24.8 Å². The van der Waals surface area contributed by atoms with Gasteiger partial charge in [-0.25, -0.2) is 4.98 Å². The van der Waals surface area contributed by atoms with Gasteiger partial charge in [-0.1, -0.05) is 0 Å². The largest absolute Gasteiger partial charge is 0.343 e. The summed E-state index contributed by atoms with van der Waals surface area (Å²) in [7, 11) is 0. The van der Waals surface area contributed by atoms with Gasteiger partial charge < -0.3 is 10.6 Å². The maximum absolute atomic E-state index is 12.1. The van der Waals surface area contributed by atoms with Crippen LogP contribution in [0, 0.1) is 12.8 Å². The van der Waals surface area contributed by atoms with Crippen molar-refractivity contribution in [3.63, 3.8) is 0 Å². The minimum atomic E-state index is 0. The van der Waals surface area contributed by atoms with Crippen LogP contribution in [0.1, 0.15) is 36.4 Å². The molecule has 1 aromatic heterocycles. The van der Waals surface area contributed by atoms with Gasteiger partial charge in [-0.15, -0.1) is 36.2 Å². The van der Waals surface area contributed by atoms with Gasteiger partial charge in [0, 0.05) is 24.9 Å². The Morgan fingerprint density at radius 3 is 2.62 bits per heavy atom. The molecular weight excluding hydrogens is 329 g/mol. The number of nitrogens with two attached hydrogens (primary N) is 1. The molecule has 0 unspecified atom stereocenters. The second kappa shape index (κ2) is 10.4. The van der Waals surface area contributed by atoms with Crippen LogP contribution in [0.5, 0.6) is 0 Å². The number of carbonyl (C=O) groups excluding carboxylic acids is 1. The van der Waals surface area contributed by atoms with E-state index in [1.54, 1.807) is 11.3 Å². The van der Waals surface area contributed by atoms with Gasteiger partial charge in [0.1, 0.15) is 0 Å². The molecule has 21 heavy (non-hydrogen) atoms. The third-order valence-electron chi connectivity index (χ3n) is 3.79. The van der Waals surface area contributed by atoms with E-state index in [4.69, 9.17) is 5.73 Å². The highest BCUT2D eigenvalue weighted by Gasteiger charge is 2.21. The number of halogens is 2. The number of carbonyl (C=O) groups is 1. The van der Waals surface area contributed by atoms with Gasteiger partial charge in [-0.05, 0) is 45.1 Å². The van der Waals surface area contributed by atoms with Crippen molar-refractivity contribution in [2.75, 3.05) is 19.6 Å². The molecule has 2 heterocycles. The summed E-state index contributed by atoms with van der Waals surface area (Å²) in [6, 6.07) is 0. The van der Waals surface area contributed by atoms with Crippen LogP contribution in [-0.4, -0.2) is 35.4 Å². The summed E-state index contributed by atoms with van der Waals surface area (Å²) in [5.41, 5.74) is 6.78. The Balaban J connectivity index is 0.00000200. The smallest absolute Gasteiger partial charge is 0.222 e. The zero-order valence-corrected chi connectivity index (χ0v) is 14.9. The maximum Gasteiger partial charge on any atom is 0.222 e. The van der Waals surface area contributed by atoms with Crippen molar-refractivity contribution in [3.8, 4) is 0 Å². The molecule has 0 atom stereocenters. The monoisotopic (exact) mass is 353 g/mol. The molecule has 0 radical (unpaired) electrons. The van der Waals surface area contributed by atoms with Crippen LogP contribution in [0.3, 0.4) is 0 Å². The number of amides is 1. The summed E-state index contributed by atoms with van der Waals surface area (Å²) in [4.78, 5) is 18.5. The van der Waals surface area contributed by atoms with Crippen molar-refractivity contribution in [2.45, 2.75) is 39.0 Å². The molecule has 1 saturated heterocycles. The Hall–Kier alpha value is -0.360. The molecule has 1 aliphatic heterocycles. The quantitative estimate of drug-likeness (QED) is 0.885. The average Bonchev–Trinajstić information content (AvgIpc) is 2.84. The molecule has 0 spiro atoms. The number of hydrogen-bond acceptors (Lipinski definition) is 4. The zero-order valence-electron chi connectivity index (χ0n) is 12.4. The lowest BCUT2D eigenvalue weighted by Crippen LogP contribution is -2.39. The Bertz CT molecular complexity index is 420. The molecule has 0 aromatic carbocycles. The van der Waals surface area contributed by atoms with Crippen molar-refractivity contribution in [1.29, 1.82) is 0 Å². The molecule has 1 aliphatic rings. The number of likely N-dealkylation sites (tertiary alicyclic amines) is 1. The average molecular weight is 354 g/mol. The number of aromatic nitrogens is 1. The van der Waals surface area contributed by atoms with Crippen LogP contribution in [0.15, 0.2) is 5.38 Å². The molecule has 0 saturated carbocycles. The van der Waals surface area contributed by atoms with Crippen molar-refractivity contribution in [3.05, 3.63) is 16.1 Å². The molecule has 122 valence electrons. The molecule has 1 aromatic rings. The highest BCUT2D eigenvalue weighted by molar-refractivity contribution is 7.09. The lowest BCUT2D eigenvalue weighted by molar-refractivity contribution is -0.132. The minimum absolute atomic E-state index is 0. The Labute approximate surface area is 143 Å². The van der Waals surface area contributed by atoms with Crippen molar-refractivity contribution in [1.82, 2.24) is 9.88 Å². The number of piperidine rings is 1. The lowest BCUT2D eigenvalue weighted by Gasteiger charge is -2.31. The molecule has 1 amide bonds. The van der Waals surface area contributed by atoms with Crippen LogP contribution >= 0.6 is 36.2 Å². The summed E-state index contributed by atoms with van der Waals surface area (Å²) in [6.45, 7) is 4.54. The fraction of sp³-hybridized carbons (Fsp3) is 0.714. The molecule has 7 heteroatoms. The minimum Gasteiger partial charge on any atom is -0.343 e. The second-order valence-corrected chi connectivity index (χ2v) is 6.33. The molecule has 0 bridgehead atoms. The molecule has 2 rings (SSSR count). The summed E-state index contributed by atoms with van der Waals surface area (Å²) >= 11 is 1.68. The summed E-state index contributed by atoms with van der Waals surface area (Å²) in [6.07, 6.45) is 4.58. The van der Waals surface area contributed by atoms with Gasteiger partial charge in [0.15, 0.2) is 0 Å². The van der Waals surface area contributed by atoms with Crippen molar-refractivity contribution >= 4 is 42.1 Å². The molecule has 2 N–H and O–H groups in total. The first-order valence-corrected chi connectivity index (χ1v) is 7.96. The van der Waals surface area contributed by atoms with Crippen LogP contribution in [0.25, 0.3) is 0 Å². The van der Waals surface area contributed by atoms with Crippen molar-refractivity contribution < 1.29 is 4.79 Å². The normalized spacial score (nSPS) is 15.2. The molecule has 0 aliphatic carbocycles. The van der Waals surface area contributed by atoms with Gasteiger partial charge in [-0.3, -0.25) is 4.79 Å².